The number of ether oxygens (including phenoxy) is 1. The lowest BCUT2D eigenvalue weighted by molar-refractivity contribution is 0.0711. The molecule has 1 N–H and O–H groups in total. The number of piperidine rings is 1. The van der Waals surface area contributed by atoms with Gasteiger partial charge in [0.25, 0.3) is 11.8 Å². The summed E-state index contributed by atoms with van der Waals surface area (Å²) in [6, 6.07) is 7.10. The van der Waals surface area contributed by atoms with Gasteiger partial charge in [0.05, 0.1) is 18.2 Å². The first kappa shape index (κ1) is 20.0. The van der Waals surface area contributed by atoms with Gasteiger partial charge in [0, 0.05) is 54.7 Å². The molecule has 0 atom stereocenters. The van der Waals surface area contributed by atoms with Crippen molar-refractivity contribution in [1.82, 2.24) is 19.9 Å². The molecule has 2 amide bonds. The van der Waals surface area contributed by atoms with E-state index in [1.807, 2.05) is 11.0 Å². The third-order valence-corrected chi connectivity index (χ3v) is 5.78. The van der Waals surface area contributed by atoms with Crippen LogP contribution in [0.25, 0.3) is 0 Å². The molecule has 30 heavy (non-hydrogen) atoms. The number of rotatable bonds is 5. The Kier molecular flexibility index (Phi) is 5.99. The van der Waals surface area contributed by atoms with E-state index in [0.717, 1.165) is 18.5 Å². The molecule has 0 bridgehead atoms. The highest BCUT2D eigenvalue weighted by Crippen LogP contribution is 2.27. The summed E-state index contributed by atoms with van der Waals surface area (Å²) in [5.41, 5.74) is 2.00. The van der Waals surface area contributed by atoms with Crippen LogP contribution in [0.1, 0.15) is 45.2 Å². The number of hydrogen-bond acceptors (Lipinski definition) is 7. The van der Waals surface area contributed by atoms with Crippen LogP contribution in [0.4, 0.5) is 5.13 Å². The fourth-order valence-electron chi connectivity index (χ4n) is 3.42. The van der Waals surface area contributed by atoms with Gasteiger partial charge >= 0.3 is 0 Å². The Hall–Kier alpha value is -3.33. The molecule has 1 aliphatic heterocycles. The molecule has 4 rings (SSSR count). The summed E-state index contributed by atoms with van der Waals surface area (Å²) in [6.07, 6.45) is 6.44. The lowest BCUT2D eigenvalue weighted by atomic mass is 9.92. The lowest BCUT2D eigenvalue weighted by Crippen LogP contribution is -2.38. The van der Waals surface area contributed by atoms with Crippen molar-refractivity contribution in [2.45, 2.75) is 18.8 Å². The second kappa shape index (κ2) is 9.00. The maximum atomic E-state index is 12.7. The predicted molar refractivity (Wildman–Crippen MR) is 113 cm³/mol. The number of pyridine rings is 2. The summed E-state index contributed by atoms with van der Waals surface area (Å²) < 4.78 is 5.04. The van der Waals surface area contributed by atoms with Gasteiger partial charge in [0.2, 0.25) is 5.88 Å². The van der Waals surface area contributed by atoms with Crippen LogP contribution in [0.15, 0.2) is 48.2 Å². The summed E-state index contributed by atoms with van der Waals surface area (Å²) >= 11 is 1.37. The first-order chi connectivity index (χ1) is 14.6. The van der Waals surface area contributed by atoms with Crippen molar-refractivity contribution >= 4 is 28.3 Å². The standard InChI is InChI=1S/C21H21N5O3S/c1-29-18-5-3-16(13-24-18)20(28)26-9-6-14(7-10-26)17-4-2-15(12-23-17)19(27)25-21-22-8-11-30-21/h2-5,8,11-14H,6-7,9-10H2,1H3,(H,22,25,27). The fraction of sp³-hybridized carbons (Fsp3) is 0.286. The molecule has 4 heterocycles. The fourth-order valence-corrected chi connectivity index (χ4v) is 3.95. The highest BCUT2D eigenvalue weighted by molar-refractivity contribution is 7.13. The van der Waals surface area contributed by atoms with Crippen LogP contribution in [0.2, 0.25) is 0 Å². The first-order valence-corrected chi connectivity index (χ1v) is 10.5. The molecule has 0 unspecified atom stereocenters. The quantitative estimate of drug-likeness (QED) is 0.677. The SMILES string of the molecule is COc1ccc(C(=O)N2CCC(c3ccc(C(=O)Nc4nccs4)cn3)CC2)cn1. The normalized spacial score (nSPS) is 14.4. The van der Waals surface area contributed by atoms with Crippen molar-refractivity contribution in [3.63, 3.8) is 0 Å². The Bertz CT molecular complexity index is 998. The van der Waals surface area contributed by atoms with E-state index < -0.39 is 0 Å². The number of carbonyl (C=O) groups is 2. The van der Waals surface area contributed by atoms with Crippen molar-refractivity contribution in [1.29, 1.82) is 0 Å². The minimum absolute atomic E-state index is 0.0224. The zero-order chi connectivity index (χ0) is 20.9. The number of thiazole rings is 1. The Morgan fingerprint density at radius 2 is 1.83 bits per heavy atom. The molecule has 0 saturated carbocycles. The number of amides is 2. The molecule has 3 aromatic heterocycles. The van der Waals surface area contributed by atoms with Crippen molar-refractivity contribution < 1.29 is 14.3 Å². The van der Waals surface area contributed by atoms with Crippen molar-refractivity contribution in [2.75, 3.05) is 25.5 Å². The summed E-state index contributed by atoms with van der Waals surface area (Å²) in [7, 11) is 1.54. The molecule has 3 aromatic rings. The summed E-state index contributed by atoms with van der Waals surface area (Å²) in [4.78, 5) is 39.4. The molecule has 0 spiro atoms. The van der Waals surface area contributed by atoms with Gasteiger partial charge < -0.3 is 9.64 Å². The number of likely N-dealkylation sites (tertiary alicyclic amines) is 1. The molecule has 8 nitrogen and oxygen atoms in total. The number of aromatic nitrogens is 3. The minimum atomic E-state index is -0.225. The average Bonchev–Trinajstić information content (AvgIpc) is 3.32. The van der Waals surface area contributed by atoms with Gasteiger partial charge in [-0.25, -0.2) is 9.97 Å². The number of methoxy groups -OCH3 is 1. The van der Waals surface area contributed by atoms with Gasteiger partial charge in [-0.2, -0.15) is 0 Å². The van der Waals surface area contributed by atoms with Crippen LogP contribution in [-0.4, -0.2) is 51.9 Å². The molecular formula is C21H21N5O3S. The lowest BCUT2D eigenvalue weighted by Gasteiger charge is -2.31. The first-order valence-electron chi connectivity index (χ1n) is 9.60. The second-order valence-corrected chi connectivity index (χ2v) is 7.81. The maximum absolute atomic E-state index is 12.7. The maximum Gasteiger partial charge on any atom is 0.259 e. The molecule has 154 valence electrons. The van der Waals surface area contributed by atoms with Gasteiger partial charge in [-0.05, 0) is 31.0 Å². The number of nitrogens with zero attached hydrogens (tertiary/aromatic N) is 4. The van der Waals surface area contributed by atoms with Crippen LogP contribution in [0.3, 0.4) is 0 Å². The molecule has 1 aliphatic rings. The van der Waals surface area contributed by atoms with E-state index in [4.69, 9.17) is 4.74 Å². The number of carbonyl (C=O) groups excluding carboxylic acids is 2. The minimum Gasteiger partial charge on any atom is -0.481 e. The number of nitrogens with one attached hydrogen (secondary N) is 1. The number of hydrogen-bond donors (Lipinski definition) is 1. The molecule has 1 saturated heterocycles. The highest BCUT2D eigenvalue weighted by Gasteiger charge is 2.25. The molecule has 0 aromatic carbocycles. The number of anilines is 1. The topological polar surface area (TPSA) is 97.3 Å². The molecule has 9 heteroatoms. The largest absolute Gasteiger partial charge is 0.481 e. The van der Waals surface area contributed by atoms with Crippen LogP contribution >= 0.6 is 11.3 Å². The average molecular weight is 423 g/mol. The highest BCUT2D eigenvalue weighted by atomic mass is 32.1. The third-order valence-electron chi connectivity index (χ3n) is 5.09. The van der Waals surface area contributed by atoms with Gasteiger partial charge in [0.15, 0.2) is 5.13 Å². The Balaban J connectivity index is 1.33. The predicted octanol–water partition coefficient (Wildman–Crippen LogP) is 3.21. The summed E-state index contributed by atoms with van der Waals surface area (Å²) in [5.74, 6) is 0.502. The molecule has 0 radical (unpaired) electrons. The Morgan fingerprint density at radius 1 is 1.07 bits per heavy atom. The van der Waals surface area contributed by atoms with E-state index >= 15 is 0 Å². The van der Waals surface area contributed by atoms with E-state index in [1.165, 1.54) is 11.3 Å². The zero-order valence-corrected chi connectivity index (χ0v) is 17.3. The van der Waals surface area contributed by atoms with Crippen molar-refractivity contribution in [2.24, 2.45) is 0 Å². The van der Waals surface area contributed by atoms with E-state index in [9.17, 15) is 9.59 Å². The van der Waals surface area contributed by atoms with Crippen LogP contribution in [0.5, 0.6) is 5.88 Å². The van der Waals surface area contributed by atoms with Crippen molar-refractivity contribution in [3.8, 4) is 5.88 Å². The van der Waals surface area contributed by atoms with Crippen LogP contribution in [-0.2, 0) is 0 Å². The monoisotopic (exact) mass is 423 g/mol. The van der Waals surface area contributed by atoms with Crippen LogP contribution in [0, 0.1) is 0 Å². The zero-order valence-electron chi connectivity index (χ0n) is 16.4. The molecular weight excluding hydrogens is 402 g/mol. The van der Waals surface area contributed by atoms with E-state index in [0.29, 0.717) is 35.2 Å². The van der Waals surface area contributed by atoms with Crippen molar-refractivity contribution in [3.05, 3.63) is 65.1 Å². The Morgan fingerprint density at radius 3 is 2.43 bits per heavy atom. The smallest absolute Gasteiger partial charge is 0.259 e. The Labute approximate surface area is 178 Å². The van der Waals surface area contributed by atoms with Gasteiger partial charge in [0.1, 0.15) is 0 Å². The van der Waals surface area contributed by atoms with Gasteiger partial charge in [-0.1, -0.05) is 0 Å². The summed E-state index contributed by atoms with van der Waals surface area (Å²) in [6.45, 7) is 1.31. The van der Waals surface area contributed by atoms with Crippen LogP contribution < -0.4 is 10.1 Å². The molecule has 0 aliphatic carbocycles. The van der Waals surface area contributed by atoms with E-state index in [1.54, 1.807) is 49.3 Å². The van der Waals surface area contributed by atoms with E-state index in [2.05, 4.69) is 20.3 Å². The second-order valence-electron chi connectivity index (χ2n) is 6.92. The van der Waals surface area contributed by atoms with Gasteiger partial charge in [-0.3, -0.25) is 19.9 Å². The third kappa shape index (κ3) is 4.46. The summed E-state index contributed by atoms with van der Waals surface area (Å²) in [5, 5.41) is 5.12. The van der Waals surface area contributed by atoms with Gasteiger partial charge in [-0.15, -0.1) is 11.3 Å². The molecule has 1 fully saturated rings. The van der Waals surface area contributed by atoms with E-state index in [-0.39, 0.29) is 17.7 Å².